The van der Waals surface area contributed by atoms with Crippen molar-refractivity contribution in [1.29, 1.82) is 0 Å². The fourth-order valence-corrected chi connectivity index (χ4v) is 2.63. The fraction of sp³-hybridized carbons (Fsp3) is 0.692. The summed E-state index contributed by atoms with van der Waals surface area (Å²) >= 11 is 5.89. The molecule has 0 radical (unpaired) electrons. The number of likely N-dealkylation sites (N-methyl/N-ethyl adjacent to an activating group) is 1. The van der Waals surface area contributed by atoms with Crippen molar-refractivity contribution in [2.24, 2.45) is 0 Å². The lowest BCUT2D eigenvalue weighted by molar-refractivity contribution is -0.144. The standard InChI is InChI=1S/C13H21ClN4O/c1-10-8-16(4)5-6-17(10)12(19)13(2,3)18-9-11(14)7-15-18/h7,9-10H,5-6,8H2,1-4H3. The molecule has 106 valence electrons. The van der Waals surface area contributed by atoms with Gasteiger partial charge in [0.25, 0.3) is 0 Å². The molecule has 19 heavy (non-hydrogen) atoms. The van der Waals surface area contributed by atoms with Gasteiger partial charge in [0.05, 0.1) is 11.2 Å². The molecule has 1 atom stereocenters. The van der Waals surface area contributed by atoms with E-state index in [1.807, 2.05) is 18.7 Å². The molecule has 0 spiro atoms. The Balaban J connectivity index is 2.18. The molecule has 0 saturated carbocycles. The van der Waals surface area contributed by atoms with Gasteiger partial charge in [0, 0.05) is 31.9 Å². The molecule has 1 fully saturated rings. The van der Waals surface area contributed by atoms with Gasteiger partial charge in [-0.1, -0.05) is 11.6 Å². The molecule has 1 aliphatic rings. The summed E-state index contributed by atoms with van der Waals surface area (Å²) in [6, 6.07) is 0.219. The van der Waals surface area contributed by atoms with Crippen LogP contribution in [0.2, 0.25) is 5.02 Å². The minimum absolute atomic E-state index is 0.0906. The minimum Gasteiger partial charge on any atom is -0.335 e. The summed E-state index contributed by atoms with van der Waals surface area (Å²) in [5.74, 6) is 0.0906. The Hall–Kier alpha value is -1.07. The first kappa shape index (κ1) is 14.3. The van der Waals surface area contributed by atoms with E-state index >= 15 is 0 Å². The summed E-state index contributed by atoms with van der Waals surface area (Å²) in [7, 11) is 2.08. The molecular formula is C13H21ClN4O. The van der Waals surface area contributed by atoms with Crippen molar-refractivity contribution >= 4 is 17.5 Å². The van der Waals surface area contributed by atoms with Gasteiger partial charge < -0.3 is 9.80 Å². The number of aromatic nitrogens is 2. The first-order valence-corrected chi connectivity index (χ1v) is 6.90. The highest BCUT2D eigenvalue weighted by atomic mass is 35.5. The summed E-state index contributed by atoms with van der Waals surface area (Å²) < 4.78 is 1.64. The van der Waals surface area contributed by atoms with E-state index in [-0.39, 0.29) is 11.9 Å². The van der Waals surface area contributed by atoms with E-state index in [4.69, 9.17) is 11.6 Å². The van der Waals surface area contributed by atoms with Crippen LogP contribution in [0.25, 0.3) is 0 Å². The zero-order valence-electron chi connectivity index (χ0n) is 11.9. The van der Waals surface area contributed by atoms with E-state index in [1.54, 1.807) is 17.1 Å². The van der Waals surface area contributed by atoms with E-state index < -0.39 is 5.54 Å². The number of hydrogen-bond acceptors (Lipinski definition) is 3. The van der Waals surface area contributed by atoms with E-state index in [0.717, 1.165) is 19.6 Å². The van der Waals surface area contributed by atoms with E-state index in [1.165, 1.54) is 0 Å². The van der Waals surface area contributed by atoms with Gasteiger partial charge in [0.15, 0.2) is 0 Å². The van der Waals surface area contributed by atoms with Crippen molar-refractivity contribution in [2.45, 2.75) is 32.4 Å². The normalized spacial score (nSPS) is 21.7. The van der Waals surface area contributed by atoms with Crippen molar-refractivity contribution in [1.82, 2.24) is 19.6 Å². The van der Waals surface area contributed by atoms with E-state index in [0.29, 0.717) is 5.02 Å². The van der Waals surface area contributed by atoms with Crippen LogP contribution < -0.4 is 0 Å². The third-order valence-corrected chi connectivity index (χ3v) is 3.93. The summed E-state index contributed by atoms with van der Waals surface area (Å²) in [6.07, 6.45) is 3.25. The topological polar surface area (TPSA) is 41.4 Å². The van der Waals surface area contributed by atoms with E-state index in [2.05, 4.69) is 24.0 Å². The summed E-state index contributed by atoms with van der Waals surface area (Å²) in [6.45, 7) is 8.41. The van der Waals surface area contributed by atoms with Crippen molar-refractivity contribution < 1.29 is 4.79 Å². The van der Waals surface area contributed by atoms with Gasteiger partial charge in [-0.2, -0.15) is 5.10 Å². The second-order valence-corrected chi connectivity index (χ2v) is 6.21. The molecule has 0 N–H and O–H groups in total. The van der Waals surface area contributed by atoms with Crippen molar-refractivity contribution in [3.05, 3.63) is 17.4 Å². The molecule has 1 saturated heterocycles. The van der Waals surface area contributed by atoms with Crippen LogP contribution in [-0.2, 0) is 10.3 Å². The Labute approximate surface area is 119 Å². The fourth-order valence-electron chi connectivity index (χ4n) is 2.50. The molecular weight excluding hydrogens is 264 g/mol. The molecule has 0 aromatic carbocycles. The predicted octanol–water partition coefficient (Wildman–Crippen LogP) is 1.43. The number of carbonyl (C=O) groups is 1. The lowest BCUT2D eigenvalue weighted by Crippen LogP contribution is -2.58. The Morgan fingerprint density at radius 1 is 1.47 bits per heavy atom. The van der Waals surface area contributed by atoms with Crippen molar-refractivity contribution in [2.75, 3.05) is 26.7 Å². The van der Waals surface area contributed by atoms with Gasteiger partial charge >= 0.3 is 0 Å². The highest BCUT2D eigenvalue weighted by Crippen LogP contribution is 2.22. The Morgan fingerprint density at radius 3 is 2.68 bits per heavy atom. The first-order valence-electron chi connectivity index (χ1n) is 6.52. The molecule has 2 heterocycles. The van der Waals surface area contributed by atoms with Gasteiger partial charge in [-0.15, -0.1) is 0 Å². The number of piperazine rings is 1. The molecule has 1 unspecified atom stereocenters. The van der Waals surface area contributed by atoms with Gasteiger partial charge in [-0.05, 0) is 27.8 Å². The molecule has 1 aromatic heterocycles. The van der Waals surface area contributed by atoms with Crippen molar-refractivity contribution in [3.63, 3.8) is 0 Å². The molecule has 0 aliphatic carbocycles. The zero-order chi connectivity index (χ0) is 14.2. The molecule has 2 rings (SSSR count). The molecule has 1 aliphatic heterocycles. The average molecular weight is 285 g/mol. The summed E-state index contributed by atoms with van der Waals surface area (Å²) in [4.78, 5) is 16.9. The molecule has 1 aromatic rings. The maximum Gasteiger partial charge on any atom is 0.250 e. The highest BCUT2D eigenvalue weighted by molar-refractivity contribution is 6.30. The van der Waals surface area contributed by atoms with Crippen LogP contribution in [0.15, 0.2) is 12.4 Å². The zero-order valence-corrected chi connectivity index (χ0v) is 12.7. The van der Waals surface area contributed by atoms with Crippen LogP contribution in [0, 0.1) is 0 Å². The van der Waals surface area contributed by atoms with Crippen LogP contribution in [0.4, 0.5) is 0 Å². The third-order valence-electron chi connectivity index (χ3n) is 3.74. The van der Waals surface area contributed by atoms with E-state index in [9.17, 15) is 4.79 Å². The van der Waals surface area contributed by atoms with Crippen LogP contribution >= 0.6 is 11.6 Å². The van der Waals surface area contributed by atoms with Crippen LogP contribution in [0.5, 0.6) is 0 Å². The van der Waals surface area contributed by atoms with Gasteiger partial charge in [-0.25, -0.2) is 0 Å². The molecule has 1 amide bonds. The van der Waals surface area contributed by atoms with Crippen LogP contribution in [0.3, 0.4) is 0 Å². The van der Waals surface area contributed by atoms with Crippen LogP contribution in [0.1, 0.15) is 20.8 Å². The number of nitrogens with zero attached hydrogens (tertiary/aromatic N) is 4. The number of carbonyl (C=O) groups excluding carboxylic acids is 1. The first-order chi connectivity index (χ1) is 8.82. The molecule has 5 nitrogen and oxygen atoms in total. The summed E-state index contributed by atoms with van der Waals surface area (Å²) in [5.41, 5.74) is -0.711. The van der Waals surface area contributed by atoms with Gasteiger partial charge in [0.1, 0.15) is 5.54 Å². The number of halogens is 1. The summed E-state index contributed by atoms with van der Waals surface area (Å²) in [5, 5.41) is 4.72. The predicted molar refractivity (Wildman–Crippen MR) is 75.2 cm³/mol. The number of rotatable bonds is 2. The maximum absolute atomic E-state index is 12.8. The smallest absolute Gasteiger partial charge is 0.250 e. The Morgan fingerprint density at radius 2 is 2.16 bits per heavy atom. The Bertz CT molecular complexity index is 471. The largest absolute Gasteiger partial charge is 0.335 e. The average Bonchev–Trinajstić information content (AvgIpc) is 2.76. The number of amides is 1. The monoisotopic (exact) mass is 284 g/mol. The van der Waals surface area contributed by atoms with Gasteiger partial charge in [0.2, 0.25) is 5.91 Å². The van der Waals surface area contributed by atoms with Gasteiger partial charge in [-0.3, -0.25) is 9.48 Å². The lowest BCUT2D eigenvalue weighted by Gasteiger charge is -2.41. The quantitative estimate of drug-likeness (QED) is 0.825. The molecule has 0 bridgehead atoms. The lowest BCUT2D eigenvalue weighted by atomic mass is 10.0. The second-order valence-electron chi connectivity index (χ2n) is 5.77. The van der Waals surface area contributed by atoms with Crippen LogP contribution in [-0.4, -0.2) is 58.2 Å². The second kappa shape index (κ2) is 5.13. The third kappa shape index (κ3) is 2.77. The number of hydrogen-bond donors (Lipinski definition) is 0. The minimum atomic E-state index is -0.711. The van der Waals surface area contributed by atoms with Crippen molar-refractivity contribution in [3.8, 4) is 0 Å². The highest BCUT2D eigenvalue weighted by Gasteiger charge is 2.38. The maximum atomic E-state index is 12.8. The SMILES string of the molecule is CC1CN(C)CCN1C(=O)C(C)(C)n1cc(Cl)cn1. The molecule has 6 heteroatoms. The Kier molecular flexibility index (Phi) is 3.87.